The van der Waals surface area contributed by atoms with E-state index in [-0.39, 0.29) is 30.6 Å². The number of imidazole rings is 1. The number of hydrogen-bond donors (Lipinski definition) is 2. The van der Waals surface area contributed by atoms with Gasteiger partial charge in [-0.3, -0.25) is 14.7 Å². The third kappa shape index (κ3) is 6.48. The number of ether oxygens (including phenoxy) is 1. The summed E-state index contributed by atoms with van der Waals surface area (Å²) in [5.41, 5.74) is 3.72. The van der Waals surface area contributed by atoms with Crippen molar-refractivity contribution < 1.29 is 14.3 Å². The van der Waals surface area contributed by atoms with E-state index in [1.165, 1.54) is 4.90 Å². The standard InChI is InChI=1S/C27H33N5O3/c1-19(2)28-27(34)31(16-23-10-7-15-35-23)18-25(33)30-26-29-24(21-8-5-4-6-9-21)17-32(26)22-13-11-20(3)12-14-22/h4-6,8-9,11-14,17,19,23H,7,10,15-16,18H2,1-3H3,(H,28,34)(H,29,30,33)/t23-/m1/s1. The predicted molar refractivity (Wildman–Crippen MR) is 137 cm³/mol. The van der Waals surface area contributed by atoms with Crippen molar-refractivity contribution in [3.8, 4) is 16.9 Å². The lowest BCUT2D eigenvalue weighted by atomic mass is 10.2. The van der Waals surface area contributed by atoms with Gasteiger partial charge in [0.1, 0.15) is 6.54 Å². The highest BCUT2D eigenvalue weighted by molar-refractivity contribution is 5.93. The highest BCUT2D eigenvalue weighted by Gasteiger charge is 2.25. The van der Waals surface area contributed by atoms with Crippen LogP contribution >= 0.6 is 0 Å². The third-order valence-electron chi connectivity index (χ3n) is 5.82. The number of rotatable bonds is 8. The Morgan fingerprint density at radius 2 is 1.89 bits per heavy atom. The molecule has 0 radical (unpaired) electrons. The summed E-state index contributed by atoms with van der Waals surface area (Å²) >= 11 is 0. The molecule has 4 rings (SSSR count). The van der Waals surface area contributed by atoms with Gasteiger partial charge in [0.15, 0.2) is 0 Å². The summed E-state index contributed by atoms with van der Waals surface area (Å²) in [5.74, 6) is 0.0829. The number of nitrogens with zero attached hydrogens (tertiary/aromatic N) is 3. The highest BCUT2D eigenvalue weighted by atomic mass is 16.5. The maximum absolute atomic E-state index is 13.1. The van der Waals surface area contributed by atoms with Crippen molar-refractivity contribution in [3.05, 3.63) is 66.4 Å². The summed E-state index contributed by atoms with van der Waals surface area (Å²) in [7, 11) is 0. The van der Waals surface area contributed by atoms with Gasteiger partial charge >= 0.3 is 6.03 Å². The molecule has 3 amide bonds. The zero-order chi connectivity index (χ0) is 24.8. The first kappa shape index (κ1) is 24.5. The highest BCUT2D eigenvalue weighted by Crippen LogP contribution is 2.24. The van der Waals surface area contributed by atoms with Gasteiger partial charge in [-0.15, -0.1) is 0 Å². The molecule has 0 spiro atoms. The third-order valence-corrected chi connectivity index (χ3v) is 5.82. The van der Waals surface area contributed by atoms with Gasteiger partial charge in [0, 0.05) is 36.6 Å². The Morgan fingerprint density at radius 3 is 2.54 bits per heavy atom. The zero-order valence-electron chi connectivity index (χ0n) is 20.5. The number of hydrogen-bond acceptors (Lipinski definition) is 4. The molecule has 3 aromatic rings. The molecule has 2 aromatic carbocycles. The first-order valence-electron chi connectivity index (χ1n) is 12.1. The van der Waals surface area contributed by atoms with Gasteiger partial charge in [-0.2, -0.15) is 0 Å². The zero-order valence-corrected chi connectivity index (χ0v) is 20.5. The minimum absolute atomic E-state index is 0.0357. The summed E-state index contributed by atoms with van der Waals surface area (Å²) in [6, 6.07) is 17.5. The number of aryl methyl sites for hydroxylation is 1. The van der Waals surface area contributed by atoms with E-state index >= 15 is 0 Å². The number of urea groups is 1. The summed E-state index contributed by atoms with van der Waals surface area (Å²) < 4.78 is 7.57. The second kappa shape index (κ2) is 11.2. The van der Waals surface area contributed by atoms with E-state index in [1.54, 1.807) is 0 Å². The maximum Gasteiger partial charge on any atom is 0.318 e. The summed E-state index contributed by atoms with van der Waals surface area (Å²) in [4.78, 5) is 32.2. The molecule has 2 heterocycles. The second-order valence-electron chi connectivity index (χ2n) is 9.19. The fourth-order valence-electron chi connectivity index (χ4n) is 4.05. The number of benzene rings is 2. The first-order chi connectivity index (χ1) is 16.9. The van der Waals surface area contributed by atoms with Crippen LogP contribution in [0.4, 0.5) is 10.7 Å². The van der Waals surface area contributed by atoms with Gasteiger partial charge in [-0.25, -0.2) is 9.78 Å². The first-order valence-corrected chi connectivity index (χ1v) is 12.1. The van der Waals surface area contributed by atoms with Crippen molar-refractivity contribution in [2.45, 2.75) is 45.8 Å². The molecule has 1 aliphatic heterocycles. The van der Waals surface area contributed by atoms with Crippen molar-refractivity contribution in [2.24, 2.45) is 0 Å². The maximum atomic E-state index is 13.1. The van der Waals surface area contributed by atoms with Crippen LogP contribution in [0.3, 0.4) is 0 Å². The van der Waals surface area contributed by atoms with E-state index in [0.29, 0.717) is 19.1 Å². The Hall–Kier alpha value is -3.65. The van der Waals surface area contributed by atoms with Gasteiger partial charge in [0.2, 0.25) is 11.9 Å². The Balaban J connectivity index is 1.56. The largest absolute Gasteiger partial charge is 0.376 e. The van der Waals surface area contributed by atoms with Gasteiger partial charge in [-0.1, -0.05) is 48.0 Å². The van der Waals surface area contributed by atoms with Crippen LogP contribution in [0.15, 0.2) is 60.8 Å². The minimum atomic E-state index is -0.319. The van der Waals surface area contributed by atoms with Crippen LogP contribution in [0.25, 0.3) is 16.9 Å². The molecule has 2 N–H and O–H groups in total. The van der Waals surface area contributed by atoms with Crippen LogP contribution in [-0.2, 0) is 9.53 Å². The lowest BCUT2D eigenvalue weighted by molar-refractivity contribution is -0.117. The van der Waals surface area contributed by atoms with E-state index in [9.17, 15) is 9.59 Å². The summed E-state index contributed by atoms with van der Waals surface area (Å²) in [5, 5.41) is 5.81. The summed E-state index contributed by atoms with van der Waals surface area (Å²) in [6.07, 6.45) is 3.70. The normalized spacial score (nSPS) is 15.3. The van der Waals surface area contributed by atoms with Gasteiger partial charge < -0.3 is 15.0 Å². The lowest BCUT2D eigenvalue weighted by Crippen LogP contribution is -2.49. The van der Waals surface area contributed by atoms with Crippen LogP contribution in [0.1, 0.15) is 32.3 Å². The molecular weight excluding hydrogens is 442 g/mol. The SMILES string of the molecule is Cc1ccc(-n2cc(-c3ccccc3)nc2NC(=O)CN(C[C@H]2CCCO2)C(=O)NC(C)C)cc1. The molecule has 0 saturated carbocycles. The van der Waals surface area contributed by atoms with E-state index < -0.39 is 0 Å². The fraction of sp³-hybridized carbons (Fsp3) is 0.370. The molecule has 1 fully saturated rings. The van der Waals surface area contributed by atoms with Crippen molar-refractivity contribution in [3.63, 3.8) is 0 Å². The van der Waals surface area contributed by atoms with Gasteiger partial charge in [0.25, 0.3) is 0 Å². The molecule has 8 nitrogen and oxygen atoms in total. The summed E-state index contributed by atoms with van der Waals surface area (Å²) in [6.45, 7) is 6.78. The fourth-order valence-corrected chi connectivity index (χ4v) is 4.05. The van der Waals surface area contributed by atoms with E-state index in [2.05, 4.69) is 10.6 Å². The number of amides is 3. The van der Waals surface area contributed by atoms with Crippen LogP contribution in [0.5, 0.6) is 0 Å². The van der Waals surface area contributed by atoms with Crippen molar-refractivity contribution in [1.29, 1.82) is 0 Å². The Kier molecular flexibility index (Phi) is 7.82. The topological polar surface area (TPSA) is 88.5 Å². The number of carbonyl (C=O) groups excluding carboxylic acids is 2. The van der Waals surface area contributed by atoms with Crippen LogP contribution in [0, 0.1) is 6.92 Å². The van der Waals surface area contributed by atoms with Crippen molar-refractivity contribution in [2.75, 3.05) is 25.0 Å². The molecule has 35 heavy (non-hydrogen) atoms. The molecule has 1 atom stereocenters. The Bertz CT molecular complexity index is 1140. The molecule has 0 unspecified atom stereocenters. The van der Waals surface area contributed by atoms with Crippen LogP contribution in [-0.4, -0.2) is 58.2 Å². The average Bonchev–Trinajstić information content (AvgIpc) is 3.49. The van der Waals surface area contributed by atoms with Crippen LogP contribution in [0.2, 0.25) is 0 Å². The monoisotopic (exact) mass is 475 g/mol. The molecule has 8 heteroatoms. The number of nitrogens with one attached hydrogen (secondary N) is 2. The van der Waals surface area contributed by atoms with Crippen LogP contribution < -0.4 is 10.6 Å². The van der Waals surface area contributed by atoms with Crippen molar-refractivity contribution >= 4 is 17.9 Å². The van der Waals surface area contributed by atoms with Gasteiger partial charge in [0.05, 0.1) is 11.8 Å². The van der Waals surface area contributed by atoms with Gasteiger partial charge in [-0.05, 0) is 45.7 Å². The number of anilines is 1. The molecule has 1 aromatic heterocycles. The molecule has 0 bridgehead atoms. The van der Waals surface area contributed by atoms with E-state index in [0.717, 1.165) is 35.3 Å². The molecule has 1 aliphatic rings. The predicted octanol–water partition coefficient (Wildman–Crippen LogP) is 4.39. The smallest absolute Gasteiger partial charge is 0.318 e. The van der Waals surface area contributed by atoms with Crippen molar-refractivity contribution in [1.82, 2.24) is 19.8 Å². The molecular formula is C27H33N5O3. The molecule has 1 saturated heterocycles. The number of carbonyl (C=O) groups is 2. The molecule has 184 valence electrons. The minimum Gasteiger partial charge on any atom is -0.376 e. The Labute approximate surface area is 206 Å². The van der Waals surface area contributed by atoms with E-state index in [1.807, 2.05) is 86.1 Å². The average molecular weight is 476 g/mol. The quantitative estimate of drug-likeness (QED) is 0.506. The number of aromatic nitrogens is 2. The lowest BCUT2D eigenvalue weighted by Gasteiger charge is -2.26. The Morgan fingerprint density at radius 1 is 1.14 bits per heavy atom. The second-order valence-corrected chi connectivity index (χ2v) is 9.19. The molecule has 0 aliphatic carbocycles. The van der Waals surface area contributed by atoms with E-state index in [4.69, 9.17) is 9.72 Å².